The first-order valence-corrected chi connectivity index (χ1v) is 7.56. The van der Waals surface area contributed by atoms with E-state index >= 15 is 0 Å². The summed E-state index contributed by atoms with van der Waals surface area (Å²) in [6.45, 7) is 0. The van der Waals surface area contributed by atoms with Crippen molar-refractivity contribution in [3.8, 4) is 11.8 Å². The molecule has 0 amide bonds. The van der Waals surface area contributed by atoms with E-state index in [1.165, 1.54) is 31.4 Å². The van der Waals surface area contributed by atoms with E-state index in [-0.39, 0.29) is 10.6 Å². The van der Waals surface area contributed by atoms with Gasteiger partial charge in [-0.1, -0.05) is 12.1 Å². The van der Waals surface area contributed by atoms with Crippen molar-refractivity contribution < 1.29 is 13.2 Å². The molecule has 0 atom stereocenters. The Morgan fingerprint density at radius 1 is 1.15 bits per heavy atom. The van der Waals surface area contributed by atoms with Crippen LogP contribution in [0.15, 0.2) is 53.4 Å². The van der Waals surface area contributed by atoms with Gasteiger partial charge in [0.15, 0.2) is 9.84 Å². The minimum Gasteiger partial charge on any atom is -0.497 e. The summed E-state index contributed by atoms with van der Waals surface area (Å²) in [4.78, 5) is 0.208. The molecular formula is C15H13NO3S. The maximum atomic E-state index is 12.3. The Bertz CT molecular complexity index is 743. The molecule has 0 aliphatic heterocycles. The summed E-state index contributed by atoms with van der Waals surface area (Å²) in [6, 6.07) is 14.8. The maximum Gasteiger partial charge on any atom is 0.182 e. The lowest BCUT2D eigenvalue weighted by Gasteiger charge is -2.06. The Morgan fingerprint density at radius 3 is 2.45 bits per heavy atom. The highest BCUT2D eigenvalue weighted by atomic mass is 32.2. The Labute approximate surface area is 118 Å². The molecule has 20 heavy (non-hydrogen) atoms. The van der Waals surface area contributed by atoms with Crippen molar-refractivity contribution in [3.05, 3.63) is 59.7 Å². The quantitative estimate of drug-likeness (QED) is 0.866. The number of nitrogens with zero attached hydrogens (tertiary/aromatic N) is 1. The largest absolute Gasteiger partial charge is 0.497 e. The normalized spacial score (nSPS) is 10.8. The highest BCUT2D eigenvalue weighted by Crippen LogP contribution is 2.20. The van der Waals surface area contributed by atoms with Crippen LogP contribution in [0.3, 0.4) is 0 Å². The number of ether oxygens (including phenoxy) is 1. The number of rotatable bonds is 4. The number of benzene rings is 2. The van der Waals surface area contributed by atoms with Crippen molar-refractivity contribution in [1.29, 1.82) is 5.26 Å². The minimum atomic E-state index is -3.43. The van der Waals surface area contributed by atoms with Gasteiger partial charge < -0.3 is 4.74 Å². The maximum absolute atomic E-state index is 12.3. The lowest BCUT2D eigenvalue weighted by molar-refractivity contribution is 0.414. The van der Waals surface area contributed by atoms with Crippen molar-refractivity contribution in [2.75, 3.05) is 7.11 Å². The first-order valence-electron chi connectivity index (χ1n) is 5.91. The Balaban J connectivity index is 2.28. The third-order valence-corrected chi connectivity index (χ3v) is 4.54. The zero-order valence-electron chi connectivity index (χ0n) is 10.9. The van der Waals surface area contributed by atoms with Crippen molar-refractivity contribution in [2.24, 2.45) is 0 Å². The van der Waals surface area contributed by atoms with Gasteiger partial charge in [0.05, 0.1) is 29.4 Å². The number of methoxy groups -OCH3 is 1. The molecule has 0 aromatic heterocycles. The summed E-state index contributed by atoms with van der Waals surface area (Å²) in [7, 11) is -1.89. The molecule has 0 unspecified atom stereocenters. The molecule has 5 heteroatoms. The second kappa shape index (κ2) is 5.76. The number of hydrogen-bond acceptors (Lipinski definition) is 4. The van der Waals surface area contributed by atoms with E-state index in [1.807, 2.05) is 6.07 Å². The van der Waals surface area contributed by atoms with Crippen LogP contribution in [-0.4, -0.2) is 15.5 Å². The lowest BCUT2D eigenvalue weighted by Crippen LogP contribution is -2.05. The standard InChI is InChI=1S/C15H13NO3S/c1-19-14-4-2-3-13(9-14)11-20(17,18)15-7-5-12(10-16)6-8-15/h2-9H,11H2,1H3. The third-order valence-electron chi connectivity index (χ3n) is 2.83. The molecular weight excluding hydrogens is 274 g/mol. The van der Waals surface area contributed by atoms with Gasteiger partial charge in [-0.05, 0) is 42.0 Å². The molecule has 2 aromatic carbocycles. The number of nitriles is 1. The van der Waals surface area contributed by atoms with Gasteiger partial charge in [0.2, 0.25) is 0 Å². The average molecular weight is 287 g/mol. The van der Waals surface area contributed by atoms with Gasteiger partial charge >= 0.3 is 0 Å². The fraction of sp³-hybridized carbons (Fsp3) is 0.133. The zero-order valence-corrected chi connectivity index (χ0v) is 11.7. The summed E-state index contributed by atoms with van der Waals surface area (Å²) in [5.41, 5.74) is 1.10. The molecule has 0 N–H and O–H groups in total. The monoisotopic (exact) mass is 287 g/mol. The summed E-state index contributed by atoms with van der Waals surface area (Å²) in [6.07, 6.45) is 0. The summed E-state index contributed by atoms with van der Waals surface area (Å²) >= 11 is 0. The van der Waals surface area contributed by atoms with Crippen molar-refractivity contribution in [2.45, 2.75) is 10.6 Å². The molecule has 2 rings (SSSR count). The number of sulfone groups is 1. The smallest absolute Gasteiger partial charge is 0.182 e. The first-order chi connectivity index (χ1) is 9.55. The number of hydrogen-bond donors (Lipinski definition) is 0. The Hall–Kier alpha value is -2.32. The third kappa shape index (κ3) is 3.16. The molecule has 4 nitrogen and oxygen atoms in total. The van der Waals surface area contributed by atoms with Gasteiger partial charge in [0.1, 0.15) is 5.75 Å². The van der Waals surface area contributed by atoms with Gasteiger partial charge in [-0.25, -0.2) is 8.42 Å². The van der Waals surface area contributed by atoms with E-state index in [9.17, 15) is 8.42 Å². The first kappa shape index (κ1) is 14.1. The van der Waals surface area contributed by atoms with E-state index in [0.29, 0.717) is 16.9 Å². The van der Waals surface area contributed by atoms with E-state index in [2.05, 4.69) is 0 Å². The van der Waals surface area contributed by atoms with Crippen LogP contribution in [0.2, 0.25) is 0 Å². The zero-order chi connectivity index (χ0) is 14.6. The molecule has 0 radical (unpaired) electrons. The second-order valence-electron chi connectivity index (χ2n) is 4.25. The van der Waals surface area contributed by atoms with Crippen LogP contribution in [0.5, 0.6) is 5.75 Å². The average Bonchev–Trinajstić information content (AvgIpc) is 2.47. The van der Waals surface area contributed by atoms with E-state index in [4.69, 9.17) is 10.00 Å². The molecule has 0 bridgehead atoms. The predicted molar refractivity (Wildman–Crippen MR) is 75.0 cm³/mol. The van der Waals surface area contributed by atoms with Crippen LogP contribution in [-0.2, 0) is 15.6 Å². The molecule has 0 aliphatic carbocycles. The van der Waals surface area contributed by atoms with E-state index < -0.39 is 9.84 Å². The van der Waals surface area contributed by atoms with Gasteiger partial charge in [-0.3, -0.25) is 0 Å². The summed E-state index contributed by atoms with van der Waals surface area (Å²) < 4.78 is 29.6. The molecule has 0 saturated heterocycles. The van der Waals surface area contributed by atoms with Crippen LogP contribution in [0, 0.1) is 11.3 Å². The topological polar surface area (TPSA) is 67.2 Å². The predicted octanol–water partition coefficient (Wildman–Crippen LogP) is 2.54. The van der Waals surface area contributed by atoms with Crippen LogP contribution in [0.4, 0.5) is 0 Å². The minimum absolute atomic E-state index is 0.101. The van der Waals surface area contributed by atoms with Gasteiger partial charge in [0, 0.05) is 0 Å². The van der Waals surface area contributed by atoms with Crippen LogP contribution < -0.4 is 4.74 Å². The van der Waals surface area contributed by atoms with Crippen molar-refractivity contribution in [1.82, 2.24) is 0 Å². The van der Waals surface area contributed by atoms with Gasteiger partial charge in [0.25, 0.3) is 0 Å². The van der Waals surface area contributed by atoms with Crippen LogP contribution >= 0.6 is 0 Å². The molecule has 0 heterocycles. The molecule has 0 saturated carbocycles. The fourth-order valence-corrected chi connectivity index (χ4v) is 3.14. The van der Waals surface area contributed by atoms with Gasteiger partial charge in [-0.15, -0.1) is 0 Å². The molecule has 102 valence electrons. The highest BCUT2D eigenvalue weighted by molar-refractivity contribution is 7.90. The van der Waals surface area contributed by atoms with Crippen LogP contribution in [0.1, 0.15) is 11.1 Å². The van der Waals surface area contributed by atoms with Crippen molar-refractivity contribution in [3.63, 3.8) is 0 Å². The lowest BCUT2D eigenvalue weighted by atomic mass is 10.2. The van der Waals surface area contributed by atoms with E-state index in [1.54, 1.807) is 24.3 Å². The molecule has 0 spiro atoms. The summed E-state index contributed by atoms with van der Waals surface area (Å²) in [5, 5.41) is 8.71. The summed E-state index contributed by atoms with van der Waals surface area (Å²) in [5.74, 6) is 0.522. The Morgan fingerprint density at radius 2 is 1.85 bits per heavy atom. The van der Waals surface area contributed by atoms with E-state index in [0.717, 1.165) is 0 Å². The van der Waals surface area contributed by atoms with Crippen molar-refractivity contribution >= 4 is 9.84 Å². The van der Waals surface area contributed by atoms with Gasteiger partial charge in [-0.2, -0.15) is 5.26 Å². The SMILES string of the molecule is COc1cccc(CS(=O)(=O)c2ccc(C#N)cc2)c1. The molecule has 0 aliphatic rings. The van der Waals surface area contributed by atoms with Crippen LogP contribution in [0.25, 0.3) is 0 Å². The molecule has 2 aromatic rings. The fourth-order valence-electron chi connectivity index (χ4n) is 1.80. The second-order valence-corrected chi connectivity index (χ2v) is 6.24. The highest BCUT2D eigenvalue weighted by Gasteiger charge is 2.15. The Kier molecular flexibility index (Phi) is 4.06. The molecule has 0 fully saturated rings.